The predicted molar refractivity (Wildman–Crippen MR) is 89.4 cm³/mol. The van der Waals surface area contributed by atoms with Crippen LogP contribution in [0.25, 0.3) is 0 Å². The third-order valence-corrected chi connectivity index (χ3v) is 3.61. The molecule has 0 heterocycles. The molecule has 5 nitrogen and oxygen atoms in total. The molecule has 1 aromatic carbocycles. The lowest BCUT2D eigenvalue weighted by molar-refractivity contribution is -0.274. The van der Waals surface area contributed by atoms with Crippen molar-refractivity contribution in [2.45, 2.75) is 38.3 Å². The number of aliphatic hydroxyl groups excluding tert-OH is 1. The minimum Gasteiger partial charge on any atom is -0.406 e. The van der Waals surface area contributed by atoms with E-state index in [1.54, 1.807) is 0 Å². The zero-order valence-corrected chi connectivity index (χ0v) is 13.9. The molecule has 1 aliphatic carbocycles. The van der Waals surface area contributed by atoms with Crippen LogP contribution >= 0.6 is 0 Å². The van der Waals surface area contributed by atoms with Crippen LogP contribution in [0.5, 0.6) is 5.75 Å². The fourth-order valence-electron chi connectivity index (χ4n) is 2.42. The van der Waals surface area contributed by atoms with Crippen molar-refractivity contribution in [2.24, 2.45) is 4.99 Å². The maximum atomic E-state index is 12.1. The topological polar surface area (TPSA) is 65.9 Å². The fraction of sp³-hybridized carbons (Fsp3) is 0.471. The molecule has 0 amide bonds. The summed E-state index contributed by atoms with van der Waals surface area (Å²) in [5.41, 5.74) is 0.469. The number of nitrogens with one attached hydrogen (secondary N) is 2. The Morgan fingerprint density at radius 2 is 1.92 bits per heavy atom. The van der Waals surface area contributed by atoms with Gasteiger partial charge in [0, 0.05) is 12.6 Å². The van der Waals surface area contributed by atoms with Crippen LogP contribution in [0.4, 0.5) is 13.2 Å². The minimum absolute atomic E-state index is 0.0922. The van der Waals surface area contributed by atoms with Gasteiger partial charge in [-0.15, -0.1) is 13.2 Å². The monoisotopic (exact) mass is 357 g/mol. The number of hydrogen-bond donors (Lipinski definition) is 3. The Kier molecular flexibility index (Phi) is 6.69. The van der Waals surface area contributed by atoms with Crippen molar-refractivity contribution in [2.75, 3.05) is 13.1 Å². The third kappa shape index (κ3) is 6.66. The van der Waals surface area contributed by atoms with E-state index in [-0.39, 0.29) is 18.3 Å². The number of ether oxygens (including phenoxy) is 1. The van der Waals surface area contributed by atoms with Gasteiger partial charge in [-0.2, -0.15) is 0 Å². The highest BCUT2D eigenvalue weighted by Gasteiger charge is 2.31. The van der Waals surface area contributed by atoms with E-state index in [2.05, 4.69) is 32.5 Å². The highest BCUT2D eigenvalue weighted by Crippen LogP contribution is 2.24. The average Bonchev–Trinajstić information content (AvgIpc) is 3.05. The summed E-state index contributed by atoms with van der Waals surface area (Å²) in [6.45, 7) is 2.72. The van der Waals surface area contributed by atoms with Crippen LogP contribution in [0.15, 0.2) is 41.4 Å². The molecule has 138 valence electrons. The number of halogens is 3. The minimum atomic E-state index is -4.73. The molecule has 0 saturated carbocycles. The highest BCUT2D eigenvalue weighted by atomic mass is 19.4. The molecule has 0 fully saturated rings. The molecule has 3 N–H and O–H groups in total. The van der Waals surface area contributed by atoms with E-state index in [0.717, 1.165) is 12.8 Å². The van der Waals surface area contributed by atoms with Crippen LogP contribution in [0.3, 0.4) is 0 Å². The molecule has 0 saturated heterocycles. The number of nitrogens with zero attached hydrogens (tertiary/aromatic N) is 1. The van der Waals surface area contributed by atoms with Gasteiger partial charge >= 0.3 is 6.36 Å². The van der Waals surface area contributed by atoms with Crippen LogP contribution in [0, 0.1) is 0 Å². The number of guanidine groups is 1. The number of alkyl halides is 3. The summed E-state index contributed by atoms with van der Waals surface area (Å²) in [6, 6.07) is 5.41. The molecule has 1 aliphatic rings. The first kappa shape index (κ1) is 19.1. The van der Waals surface area contributed by atoms with Gasteiger partial charge in [0.15, 0.2) is 5.96 Å². The quantitative estimate of drug-likeness (QED) is 0.416. The van der Waals surface area contributed by atoms with Crippen molar-refractivity contribution in [3.8, 4) is 5.75 Å². The highest BCUT2D eigenvalue weighted by molar-refractivity contribution is 5.80. The fourth-order valence-corrected chi connectivity index (χ4v) is 2.42. The van der Waals surface area contributed by atoms with E-state index >= 15 is 0 Å². The second-order valence-electron chi connectivity index (χ2n) is 5.64. The lowest BCUT2D eigenvalue weighted by Gasteiger charge is -2.17. The largest absolute Gasteiger partial charge is 0.573 e. The van der Waals surface area contributed by atoms with Crippen molar-refractivity contribution in [3.05, 3.63) is 42.0 Å². The summed E-state index contributed by atoms with van der Waals surface area (Å²) < 4.78 is 40.2. The lowest BCUT2D eigenvalue weighted by atomic mass is 10.1. The van der Waals surface area contributed by atoms with Gasteiger partial charge in [-0.05, 0) is 37.5 Å². The number of hydrogen-bond acceptors (Lipinski definition) is 3. The van der Waals surface area contributed by atoms with E-state index in [1.807, 2.05) is 6.92 Å². The Balaban J connectivity index is 1.93. The van der Waals surface area contributed by atoms with Crippen molar-refractivity contribution >= 4 is 5.96 Å². The first-order valence-corrected chi connectivity index (χ1v) is 8.11. The van der Waals surface area contributed by atoms with Crippen molar-refractivity contribution in [1.82, 2.24) is 10.6 Å². The summed E-state index contributed by atoms with van der Waals surface area (Å²) in [7, 11) is 0. The Labute approximate surface area is 144 Å². The average molecular weight is 357 g/mol. The third-order valence-electron chi connectivity index (χ3n) is 3.61. The molecule has 0 bridgehead atoms. The van der Waals surface area contributed by atoms with Gasteiger partial charge in [-0.25, -0.2) is 0 Å². The molecule has 25 heavy (non-hydrogen) atoms. The van der Waals surface area contributed by atoms with E-state index in [0.29, 0.717) is 18.1 Å². The van der Waals surface area contributed by atoms with E-state index in [1.165, 1.54) is 24.3 Å². The van der Waals surface area contributed by atoms with Crippen molar-refractivity contribution in [3.63, 3.8) is 0 Å². The lowest BCUT2D eigenvalue weighted by Crippen LogP contribution is -2.42. The maximum Gasteiger partial charge on any atom is 0.573 e. The molecule has 8 heteroatoms. The molecule has 0 aliphatic heterocycles. The molecule has 2 rings (SSSR count). The number of rotatable bonds is 6. The van der Waals surface area contributed by atoms with Crippen LogP contribution in [0.2, 0.25) is 0 Å². The zero-order valence-electron chi connectivity index (χ0n) is 13.9. The van der Waals surface area contributed by atoms with Crippen LogP contribution in [0.1, 0.15) is 31.4 Å². The summed E-state index contributed by atoms with van der Waals surface area (Å²) in [5.74, 6) is 0.281. The Bertz CT molecular complexity index is 592. The molecule has 1 unspecified atom stereocenters. The Morgan fingerprint density at radius 3 is 2.48 bits per heavy atom. The molecular formula is C17H22F3N3O2. The van der Waals surface area contributed by atoms with Gasteiger partial charge in [0.25, 0.3) is 0 Å². The summed E-state index contributed by atoms with van der Waals surface area (Å²) in [5, 5.41) is 16.6. The molecular weight excluding hydrogens is 335 g/mol. The van der Waals surface area contributed by atoms with Gasteiger partial charge in [-0.3, -0.25) is 4.99 Å². The van der Waals surface area contributed by atoms with Crippen molar-refractivity contribution in [1.29, 1.82) is 0 Å². The summed E-state index contributed by atoms with van der Waals surface area (Å²) >= 11 is 0. The summed E-state index contributed by atoms with van der Waals surface area (Å²) in [6.07, 6.45) is 0.395. The van der Waals surface area contributed by atoms with Crippen LogP contribution in [-0.4, -0.2) is 36.6 Å². The standard InChI is InChI=1S/C17H22F3N3O2/c1-2-21-16(23-13-5-3-4-6-13)22-11-15(24)12-7-9-14(10-8-12)25-17(18,19)20/h3-4,7-10,13,15,24H,2,5-6,11H2,1H3,(H2,21,22,23). The van der Waals surface area contributed by atoms with Gasteiger partial charge < -0.3 is 20.5 Å². The normalized spacial score (nSPS) is 16.8. The van der Waals surface area contributed by atoms with Gasteiger partial charge in [0.05, 0.1) is 12.6 Å². The van der Waals surface area contributed by atoms with Crippen molar-refractivity contribution < 1.29 is 23.0 Å². The first-order valence-electron chi connectivity index (χ1n) is 8.11. The number of aliphatic hydroxyl groups is 1. The Hall–Kier alpha value is -2.22. The molecule has 0 spiro atoms. The zero-order chi connectivity index (χ0) is 18.3. The maximum absolute atomic E-state index is 12.1. The second-order valence-corrected chi connectivity index (χ2v) is 5.64. The van der Waals surface area contributed by atoms with Gasteiger partial charge in [0.2, 0.25) is 0 Å². The van der Waals surface area contributed by atoms with Crippen LogP contribution in [-0.2, 0) is 0 Å². The smallest absolute Gasteiger partial charge is 0.406 e. The molecule has 1 aromatic rings. The van der Waals surface area contributed by atoms with Crippen LogP contribution < -0.4 is 15.4 Å². The van der Waals surface area contributed by atoms with E-state index in [4.69, 9.17) is 0 Å². The van der Waals surface area contributed by atoms with Gasteiger partial charge in [0.1, 0.15) is 5.75 Å². The first-order chi connectivity index (χ1) is 11.9. The molecule has 1 atom stereocenters. The Morgan fingerprint density at radius 1 is 1.28 bits per heavy atom. The molecule has 0 aromatic heterocycles. The second kappa shape index (κ2) is 8.75. The number of aliphatic imine (C=N–C) groups is 1. The number of benzene rings is 1. The van der Waals surface area contributed by atoms with E-state index < -0.39 is 12.5 Å². The SMILES string of the molecule is CCNC(=NCC(O)c1ccc(OC(F)(F)F)cc1)NC1CC=CC1. The van der Waals surface area contributed by atoms with Gasteiger partial charge in [-0.1, -0.05) is 24.3 Å². The predicted octanol–water partition coefficient (Wildman–Crippen LogP) is 2.89. The van der Waals surface area contributed by atoms with E-state index in [9.17, 15) is 18.3 Å². The molecule has 0 radical (unpaired) electrons. The summed E-state index contributed by atoms with van der Waals surface area (Å²) in [4.78, 5) is 4.34.